The monoisotopic (exact) mass is 256 g/mol. The summed E-state index contributed by atoms with van der Waals surface area (Å²) >= 11 is 1.21. The van der Waals surface area contributed by atoms with Crippen molar-refractivity contribution in [3.05, 3.63) is 17.7 Å². The summed E-state index contributed by atoms with van der Waals surface area (Å²) in [7, 11) is 0. The lowest BCUT2D eigenvalue weighted by atomic mass is 10.4. The standard InChI is InChI=1S/C9H12N4O3S/c1-6(2)7(14)16-4-3-10-8(15)12-9-13-11-5-17-9/h5H,1,3-4H2,2H3,(H2,10,12,13,15). The van der Waals surface area contributed by atoms with Crippen LogP contribution in [0, 0.1) is 0 Å². The SMILES string of the molecule is C=C(C)C(=O)OCCNC(=O)Nc1nncs1. The molecule has 0 aromatic carbocycles. The molecule has 0 aliphatic heterocycles. The van der Waals surface area contributed by atoms with Gasteiger partial charge in [-0.25, -0.2) is 9.59 Å². The number of ether oxygens (including phenoxy) is 1. The number of hydrogen-bond acceptors (Lipinski definition) is 6. The first-order valence-electron chi connectivity index (χ1n) is 4.73. The van der Waals surface area contributed by atoms with Crippen LogP contribution in [0.4, 0.5) is 9.93 Å². The molecule has 0 saturated heterocycles. The first-order valence-corrected chi connectivity index (χ1v) is 5.61. The van der Waals surface area contributed by atoms with Gasteiger partial charge >= 0.3 is 12.0 Å². The molecule has 1 heterocycles. The number of urea groups is 1. The molecule has 0 aliphatic rings. The molecule has 17 heavy (non-hydrogen) atoms. The van der Waals surface area contributed by atoms with Gasteiger partial charge in [-0.05, 0) is 6.92 Å². The average molecular weight is 256 g/mol. The molecule has 7 nitrogen and oxygen atoms in total. The number of nitrogens with one attached hydrogen (secondary N) is 2. The van der Waals surface area contributed by atoms with E-state index in [-0.39, 0.29) is 13.2 Å². The normalized spacial score (nSPS) is 9.47. The summed E-state index contributed by atoms with van der Waals surface area (Å²) in [6.07, 6.45) is 0. The molecule has 2 N–H and O–H groups in total. The van der Waals surface area contributed by atoms with E-state index in [0.29, 0.717) is 10.7 Å². The highest BCUT2D eigenvalue weighted by Crippen LogP contribution is 2.06. The smallest absolute Gasteiger partial charge is 0.333 e. The molecule has 0 unspecified atom stereocenters. The number of esters is 1. The van der Waals surface area contributed by atoms with Crippen LogP contribution in [-0.2, 0) is 9.53 Å². The highest BCUT2D eigenvalue weighted by Gasteiger charge is 2.05. The van der Waals surface area contributed by atoms with Crippen LogP contribution in [0.3, 0.4) is 0 Å². The van der Waals surface area contributed by atoms with Crippen LogP contribution in [-0.4, -0.2) is 35.3 Å². The first kappa shape index (κ1) is 13.1. The van der Waals surface area contributed by atoms with Gasteiger partial charge in [-0.15, -0.1) is 10.2 Å². The van der Waals surface area contributed by atoms with Gasteiger partial charge in [-0.2, -0.15) is 0 Å². The minimum atomic E-state index is -0.476. The fourth-order valence-electron chi connectivity index (χ4n) is 0.800. The van der Waals surface area contributed by atoms with Gasteiger partial charge < -0.3 is 10.1 Å². The molecule has 1 aromatic heterocycles. The fraction of sp³-hybridized carbons (Fsp3) is 0.333. The van der Waals surface area contributed by atoms with E-state index in [0.717, 1.165) is 0 Å². The van der Waals surface area contributed by atoms with Gasteiger partial charge in [-0.3, -0.25) is 5.32 Å². The van der Waals surface area contributed by atoms with E-state index in [2.05, 4.69) is 27.4 Å². The maximum absolute atomic E-state index is 11.2. The van der Waals surface area contributed by atoms with Crippen LogP contribution in [0.5, 0.6) is 0 Å². The lowest BCUT2D eigenvalue weighted by molar-refractivity contribution is -0.138. The van der Waals surface area contributed by atoms with Gasteiger partial charge in [0.25, 0.3) is 0 Å². The third-order valence-corrected chi connectivity index (χ3v) is 2.16. The predicted octanol–water partition coefficient (Wildman–Crippen LogP) is 0.779. The third-order valence-electron chi connectivity index (χ3n) is 1.55. The van der Waals surface area contributed by atoms with Crippen molar-refractivity contribution in [2.45, 2.75) is 6.92 Å². The second kappa shape index (κ2) is 6.59. The molecule has 1 aromatic rings. The largest absolute Gasteiger partial charge is 0.460 e. The Balaban J connectivity index is 2.12. The van der Waals surface area contributed by atoms with E-state index < -0.39 is 12.0 Å². The van der Waals surface area contributed by atoms with Gasteiger partial charge in [-0.1, -0.05) is 17.9 Å². The van der Waals surface area contributed by atoms with Crippen LogP contribution < -0.4 is 10.6 Å². The number of amides is 2. The fourth-order valence-corrected chi connectivity index (χ4v) is 1.24. The number of nitrogens with zero attached hydrogens (tertiary/aromatic N) is 2. The van der Waals surface area contributed by atoms with E-state index >= 15 is 0 Å². The van der Waals surface area contributed by atoms with Crippen molar-refractivity contribution in [3.8, 4) is 0 Å². The first-order chi connectivity index (χ1) is 8.09. The Morgan fingerprint density at radius 2 is 2.35 bits per heavy atom. The van der Waals surface area contributed by atoms with Crippen LogP contribution in [0.2, 0.25) is 0 Å². The Bertz CT molecular complexity index is 404. The molecule has 0 fully saturated rings. The molecular formula is C9H12N4O3S. The molecule has 0 spiro atoms. The van der Waals surface area contributed by atoms with Crippen LogP contribution in [0.15, 0.2) is 17.7 Å². The minimum Gasteiger partial charge on any atom is -0.460 e. The molecule has 0 atom stereocenters. The molecule has 2 amide bonds. The number of rotatable bonds is 5. The number of anilines is 1. The minimum absolute atomic E-state index is 0.0925. The highest BCUT2D eigenvalue weighted by molar-refractivity contribution is 7.13. The van der Waals surface area contributed by atoms with Crippen molar-refractivity contribution in [3.63, 3.8) is 0 Å². The molecule has 0 saturated carbocycles. The van der Waals surface area contributed by atoms with Crippen LogP contribution >= 0.6 is 11.3 Å². The van der Waals surface area contributed by atoms with Gasteiger partial charge in [0, 0.05) is 5.57 Å². The van der Waals surface area contributed by atoms with E-state index in [1.165, 1.54) is 16.8 Å². The Kier molecular flexibility index (Phi) is 5.08. The Morgan fingerprint density at radius 3 is 2.94 bits per heavy atom. The predicted molar refractivity (Wildman–Crippen MR) is 62.7 cm³/mol. The topological polar surface area (TPSA) is 93.2 Å². The summed E-state index contributed by atoms with van der Waals surface area (Å²) in [5.74, 6) is -0.476. The molecule has 92 valence electrons. The lowest BCUT2D eigenvalue weighted by Gasteiger charge is -2.06. The van der Waals surface area contributed by atoms with E-state index in [1.54, 1.807) is 6.92 Å². The maximum atomic E-state index is 11.2. The zero-order chi connectivity index (χ0) is 12.7. The summed E-state index contributed by atoms with van der Waals surface area (Å²) in [4.78, 5) is 22.2. The van der Waals surface area contributed by atoms with Crippen molar-refractivity contribution < 1.29 is 14.3 Å². The summed E-state index contributed by atoms with van der Waals surface area (Å²) in [5, 5.41) is 12.6. The zero-order valence-electron chi connectivity index (χ0n) is 9.23. The molecular weight excluding hydrogens is 244 g/mol. The van der Waals surface area contributed by atoms with E-state index in [1.807, 2.05) is 0 Å². The van der Waals surface area contributed by atoms with Gasteiger partial charge in [0.15, 0.2) is 0 Å². The highest BCUT2D eigenvalue weighted by atomic mass is 32.1. The van der Waals surface area contributed by atoms with Crippen molar-refractivity contribution in [1.29, 1.82) is 0 Å². The summed E-state index contributed by atoms with van der Waals surface area (Å²) in [6.45, 7) is 5.29. The molecule has 0 bridgehead atoms. The van der Waals surface area contributed by atoms with Gasteiger partial charge in [0.05, 0.1) is 6.54 Å². The second-order valence-corrected chi connectivity index (χ2v) is 3.87. The van der Waals surface area contributed by atoms with Gasteiger partial charge in [0.1, 0.15) is 12.1 Å². The summed E-state index contributed by atoms with van der Waals surface area (Å²) in [5.41, 5.74) is 1.83. The van der Waals surface area contributed by atoms with E-state index in [4.69, 9.17) is 4.74 Å². The molecule has 0 aliphatic carbocycles. The molecule has 8 heteroatoms. The quantitative estimate of drug-likeness (QED) is 0.461. The number of aromatic nitrogens is 2. The summed E-state index contributed by atoms with van der Waals surface area (Å²) in [6, 6.07) is -0.423. The average Bonchev–Trinajstić information content (AvgIpc) is 2.76. The van der Waals surface area contributed by atoms with Crippen molar-refractivity contribution in [1.82, 2.24) is 15.5 Å². The summed E-state index contributed by atoms with van der Waals surface area (Å²) < 4.78 is 4.78. The molecule has 1 rings (SSSR count). The number of carbonyl (C=O) groups is 2. The maximum Gasteiger partial charge on any atom is 0.333 e. The lowest BCUT2D eigenvalue weighted by Crippen LogP contribution is -2.32. The van der Waals surface area contributed by atoms with Crippen LogP contribution in [0.1, 0.15) is 6.92 Å². The van der Waals surface area contributed by atoms with Crippen molar-refractivity contribution >= 4 is 28.5 Å². The zero-order valence-corrected chi connectivity index (χ0v) is 10.0. The number of hydrogen-bond donors (Lipinski definition) is 2. The Labute approximate surface area is 102 Å². The van der Waals surface area contributed by atoms with Gasteiger partial charge in [0.2, 0.25) is 5.13 Å². The van der Waals surface area contributed by atoms with Crippen molar-refractivity contribution in [2.75, 3.05) is 18.5 Å². The third kappa shape index (κ3) is 5.07. The molecule has 0 radical (unpaired) electrons. The number of carbonyl (C=O) groups excluding carboxylic acids is 2. The van der Waals surface area contributed by atoms with Crippen LogP contribution in [0.25, 0.3) is 0 Å². The second-order valence-electron chi connectivity index (χ2n) is 3.04. The van der Waals surface area contributed by atoms with Crippen molar-refractivity contribution in [2.24, 2.45) is 0 Å². The Morgan fingerprint density at radius 1 is 1.59 bits per heavy atom. The van der Waals surface area contributed by atoms with E-state index in [9.17, 15) is 9.59 Å². The Hall–Kier alpha value is -1.96.